The fraction of sp³-hybridized carbons (Fsp3) is 0.500. The van der Waals surface area contributed by atoms with Gasteiger partial charge in [0.05, 0.1) is 16.2 Å². The standard InChI is InChI=1S/C14H19BrO4S/c1-2-3-4-5-6-9-20(18,19)11-7-8-13(15)12(10-11)14(16)17/h7-8,10H,2-6,9H2,1H3,(H,16,17). The van der Waals surface area contributed by atoms with Crippen molar-refractivity contribution in [3.8, 4) is 0 Å². The van der Waals surface area contributed by atoms with Crippen molar-refractivity contribution in [2.45, 2.75) is 43.9 Å². The number of carboxylic acid groups (broad SMARTS) is 1. The zero-order valence-electron chi connectivity index (χ0n) is 11.4. The van der Waals surface area contributed by atoms with Crippen LogP contribution in [0.5, 0.6) is 0 Å². The lowest BCUT2D eigenvalue weighted by molar-refractivity contribution is 0.0695. The monoisotopic (exact) mass is 362 g/mol. The highest BCUT2D eigenvalue weighted by molar-refractivity contribution is 9.10. The average molecular weight is 363 g/mol. The van der Waals surface area contributed by atoms with E-state index >= 15 is 0 Å². The second kappa shape index (κ2) is 7.78. The number of carbonyl (C=O) groups is 1. The predicted octanol–water partition coefficient (Wildman–Crippen LogP) is 3.89. The molecule has 1 N–H and O–H groups in total. The van der Waals surface area contributed by atoms with Gasteiger partial charge in [-0.2, -0.15) is 0 Å². The molecule has 0 aromatic heterocycles. The summed E-state index contributed by atoms with van der Waals surface area (Å²) in [7, 11) is -3.40. The summed E-state index contributed by atoms with van der Waals surface area (Å²) in [6, 6.07) is 4.12. The van der Waals surface area contributed by atoms with Crippen molar-refractivity contribution in [3.05, 3.63) is 28.2 Å². The normalized spacial score (nSPS) is 11.5. The van der Waals surface area contributed by atoms with Crippen molar-refractivity contribution >= 4 is 31.7 Å². The van der Waals surface area contributed by atoms with Crippen LogP contribution in [0.15, 0.2) is 27.6 Å². The molecule has 1 aromatic carbocycles. The third-order valence-electron chi connectivity index (χ3n) is 3.04. The van der Waals surface area contributed by atoms with Crippen LogP contribution in [-0.4, -0.2) is 25.2 Å². The molecule has 1 aromatic rings. The van der Waals surface area contributed by atoms with E-state index in [1.54, 1.807) is 0 Å². The first-order valence-electron chi connectivity index (χ1n) is 6.64. The molecule has 6 heteroatoms. The average Bonchev–Trinajstić information content (AvgIpc) is 2.38. The Hall–Kier alpha value is -0.880. The molecule has 112 valence electrons. The Morgan fingerprint density at radius 3 is 2.45 bits per heavy atom. The van der Waals surface area contributed by atoms with Crippen molar-refractivity contribution in [3.63, 3.8) is 0 Å². The number of unbranched alkanes of at least 4 members (excludes halogenated alkanes) is 4. The lowest BCUT2D eigenvalue weighted by atomic mass is 10.2. The summed E-state index contributed by atoms with van der Waals surface area (Å²) in [6.07, 6.45) is 4.76. The van der Waals surface area contributed by atoms with Gasteiger partial charge in [0, 0.05) is 4.47 Å². The van der Waals surface area contributed by atoms with Gasteiger partial charge >= 0.3 is 5.97 Å². The maximum absolute atomic E-state index is 12.1. The van der Waals surface area contributed by atoms with E-state index in [9.17, 15) is 13.2 Å². The van der Waals surface area contributed by atoms with Crippen LogP contribution in [0, 0.1) is 0 Å². The van der Waals surface area contributed by atoms with Crippen molar-refractivity contribution in [1.82, 2.24) is 0 Å². The molecule has 0 aliphatic carbocycles. The van der Waals surface area contributed by atoms with Crippen LogP contribution < -0.4 is 0 Å². The minimum atomic E-state index is -3.40. The highest BCUT2D eigenvalue weighted by Gasteiger charge is 2.18. The maximum atomic E-state index is 12.1. The van der Waals surface area contributed by atoms with E-state index in [0.717, 1.165) is 25.7 Å². The van der Waals surface area contributed by atoms with E-state index in [4.69, 9.17) is 5.11 Å². The molecular weight excluding hydrogens is 344 g/mol. The van der Waals surface area contributed by atoms with Crippen LogP contribution in [0.1, 0.15) is 49.4 Å². The molecule has 0 saturated heterocycles. The molecule has 0 radical (unpaired) electrons. The Labute approximate surface area is 128 Å². The minimum Gasteiger partial charge on any atom is -0.478 e. The van der Waals surface area contributed by atoms with Crippen LogP contribution in [0.3, 0.4) is 0 Å². The van der Waals surface area contributed by atoms with Gasteiger partial charge in [0.15, 0.2) is 9.84 Å². The maximum Gasteiger partial charge on any atom is 0.336 e. The van der Waals surface area contributed by atoms with E-state index in [2.05, 4.69) is 22.9 Å². The molecule has 0 atom stereocenters. The Bertz CT molecular complexity index is 567. The van der Waals surface area contributed by atoms with Gasteiger partial charge in [-0.15, -0.1) is 0 Å². The number of halogens is 1. The zero-order chi connectivity index (χ0) is 15.2. The Kier molecular flexibility index (Phi) is 6.68. The number of hydrogen-bond donors (Lipinski definition) is 1. The van der Waals surface area contributed by atoms with Crippen LogP contribution >= 0.6 is 15.9 Å². The number of carboxylic acids is 1. The van der Waals surface area contributed by atoms with E-state index in [-0.39, 0.29) is 16.2 Å². The Balaban J connectivity index is 2.77. The first kappa shape index (κ1) is 17.2. The van der Waals surface area contributed by atoms with Crippen molar-refractivity contribution in [1.29, 1.82) is 0 Å². The second-order valence-electron chi connectivity index (χ2n) is 4.68. The third kappa shape index (κ3) is 4.90. The summed E-state index contributed by atoms with van der Waals surface area (Å²) < 4.78 is 24.7. The summed E-state index contributed by atoms with van der Waals surface area (Å²) in [5.74, 6) is -1.07. The predicted molar refractivity (Wildman–Crippen MR) is 81.9 cm³/mol. The molecule has 0 fully saturated rings. The van der Waals surface area contributed by atoms with Crippen molar-refractivity contribution in [2.24, 2.45) is 0 Å². The van der Waals surface area contributed by atoms with Gasteiger partial charge in [0.25, 0.3) is 0 Å². The number of benzene rings is 1. The van der Waals surface area contributed by atoms with E-state index in [1.807, 2.05) is 0 Å². The van der Waals surface area contributed by atoms with Crippen molar-refractivity contribution in [2.75, 3.05) is 5.75 Å². The number of rotatable bonds is 8. The molecular formula is C14H19BrO4S. The summed E-state index contributed by atoms with van der Waals surface area (Å²) in [5, 5.41) is 9.00. The second-order valence-corrected chi connectivity index (χ2v) is 7.64. The molecule has 0 bridgehead atoms. The summed E-state index contributed by atoms with van der Waals surface area (Å²) in [5.41, 5.74) is -0.0305. The lowest BCUT2D eigenvalue weighted by Crippen LogP contribution is -2.09. The van der Waals surface area contributed by atoms with Gasteiger partial charge in [0.1, 0.15) is 0 Å². The molecule has 0 aliphatic heterocycles. The molecule has 0 heterocycles. The highest BCUT2D eigenvalue weighted by atomic mass is 79.9. The van der Waals surface area contributed by atoms with Crippen LogP contribution in [0.25, 0.3) is 0 Å². The number of aromatic carboxylic acids is 1. The molecule has 0 spiro atoms. The van der Waals surface area contributed by atoms with E-state index < -0.39 is 15.8 Å². The smallest absolute Gasteiger partial charge is 0.336 e. The largest absolute Gasteiger partial charge is 0.478 e. The molecule has 0 saturated carbocycles. The molecule has 4 nitrogen and oxygen atoms in total. The Morgan fingerprint density at radius 1 is 1.20 bits per heavy atom. The zero-order valence-corrected chi connectivity index (χ0v) is 13.8. The minimum absolute atomic E-state index is 0.0305. The molecule has 1 rings (SSSR count). The molecule has 0 aliphatic rings. The summed E-state index contributed by atoms with van der Waals surface area (Å²) in [4.78, 5) is 11.1. The fourth-order valence-electron chi connectivity index (χ4n) is 1.88. The highest BCUT2D eigenvalue weighted by Crippen LogP contribution is 2.22. The first-order valence-corrected chi connectivity index (χ1v) is 9.08. The molecule has 0 unspecified atom stereocenters. The van der Waals surface area contributed by atoms with Gasteiger partial charge in [-0.3, -0.25) is 0 Å². The van der Waals surface area contributed by atoms with Gasteiger partial charge in [-0.1, -0.05) is 32.6 Å². The molecule has 20 heavy (non-hydrogen) atoms. The third-order valence-corrected chi connectivity index (χ3v) is 5.53. The SMILES string of the molecule is CCCCCCCS(=O)(=O)c1ccc(Br)c(C(=O)O)c1. The topological polar surface area (TPSA) is 71.4 Å². The summed E-state index contributed by atoms with van der Waals surface area (Å²) >= 11 is 3.10. The Morgan fingerprint density at radius 2 is 1.85 bits per heavy atom. The quantitative estimate of drug-likeness (QED) is 0.712. The van der Waals surface area contributed by atoms with Crippen LogP contribution in [0.4, 0.5) is 0 Å². The lowest BCUT2D eigenvalue weighted by Gasteiger charge is -2.06. The number of sulfone groups is 1. The molecule has 0 amide bonds. The van der Waals surface area contributed by atoms with Gasteiger partial charge in [-0.05, 0) is 40.5 Å². The summed E-state index contributed by atoms with van der Waals surface area (Å²) in [6.45, 7) is 2.10. The van der Waals surface area contributed by atoms with Crippen LogP contribution in [-0.2, 0) is 9.84 Å². The van der Waals surface area contributed by atoms with Gasteiger partial charge in [0.2, 0.25) is 0 Å². The van der Waals surface area contributed by atoms with Gasteiger partial charge in [-0.25, -0.2) is 13.2 Å². The van der Waals surface area contributed by atoms with Gasteiger partial charge < -0.3 is 5.11 Å². The fourth-order valence-corrected chi connectivity index (χ4v) is 3.68. The van der Waals surface area contributed by atoms with Crippen LogP contribution in [0.2, 0.25) is 0 Å². The first-order chi connectivity index (χ1) is 9.38. The van der Waals surface area contributed by atoms with E-state index in [0.29, 0.717) is 10.9 Å². The van der Waals surface area contributed by atoms with Crippen molar-refractivity contribution < 1.29 is 18.3 Å². The number of hydrogen-bond acceptors (Lipinski definition) is 3. The van der Waals surface area contributed by atoms with E-state index in [1.165, 1.54) is 18.2 Å².